The number of benzene rings is 1. The lowest BCUT2D eigenvalue weighted by Gasteiger charge is -2.12. The van der Waals surface area contributed by atoms with Gasteiger partial charge in [0.2, 0.25) is 5.95 Å². The van der Waals surface area contributed by atoms with Crippen LogP contribution in [0.5, 0.6) is 0 Å². The second kappa shape index (κ2) is 6.99. The molecule has 4 N–H and O–H groups in total. The van der Waals surface area contributed by atoms with E-state index in [1.165, 1.54) is 0 Å². The van der Waals surface area contributed by atoms with Crippen molar-refractivity contribution in [3.8, 4) is 11.4 Å². The predicted molar refractivity (Wildman–Crippen MR) is 94.9 cm³/mol. The van der Waals surface area contributed by atoms with Crippen LogP contribution < -0.4 is 16.0 Å². The topological polar surface area (TPSA) is 94.7 Å². The maximum absolute atomic E-state index is 11.9. The number of nitrogens with one attached hydrogen (secondary N) is 4. The number of rotatable bonds is 6. The van der Waals surface area contributed by atoms with Crippen LogP contribution in [0.4, 0.5) is 17.5 Å². The van der Waals surface area contributed by atoms with E-state index in [1.807, 2.05) is 32.2 Å². The second-order valence-electron chi connectivity index (χ2n) is 5.35. The van der Waals surface area contributed by atoms with Gasteiger partial charge >= 0.3 is 0 Å². The van der Waals surface area contributed by atoms with E-state index in [4.69, 9.17) is 0 Å². The molecule has 24 heavy (non-hydrogen) atoms. The fourth-order valence-electron chi connectivity index (χ4n) is 2.37. The van der Waals surface area contributed by atoms with Crippen LogP contribution in [-0.4, -0.2) is 34.5 Å². The Morgan fingerprint density at radius 3 is 2.71 bits per heavy atom. The van der Waals surface area contributed by atoms with Gasteiger partial charge in [-0.2, -0.15) is 4.98 Å². The number of H-pyrrole nitrogens is 1. The molecule has 7 nitrogen and oxygen atoms in total. The minimum atomic E-state index is -0.0621. The quantitative estimate of drug-likeness (QED) is 0.559. The van der Waals surface area contributed by atoms with Gasteiger partial charge in [0.25, 0.3) is 5.91 Å². The van der Waals surface area contributed by atoms with Crippen LogP contribution >= 0.6 is 0 Å². The zero-order chi connectivity index (χ0) is 16.9. The third-order valence-corrected chi connectivity index (χ3v) is 3.60. The minimum Gasteiger partial charge on any atom is -0.372 e. The highest BCUT2D eigenvalue weighted by Gasteiger charge is 2.13. The first-order valence-electron chi connectivity index (χ1n) is 7.89. The van der Waals surface area contributed by atoms with Crippen LogP contribution in [0, 0.1) is 0 Å². The first-order chi connectivity index (χ1) is 11.7. The second-order valence-corrected chi connectivity index (χ2v) is 5.35. The Labute approximate surface area is 140 Å². The number of carbonyl (C=O) groups is 1. The van der Waals surface area contributed by atoms with Gasteiger partial charge in [0.05, 0.1) is 5.56 Å². The number of fused-ring (bicyclic) bond motifs is 1. The Balaban J connectivity index is 1.77. The summed E-state index contributed by atoms with van der Waals surface area (Å²) in [7, 11) is 1.82. The van der Waals surface area contributed by atoms with E-state index in [0.29, 0.717) is 18.1 Å². The molecule has 2 aliphatic rings. The number of amides is 1. The Bertz CT molecular complexity index is 795. The van der Waals surface area contributed by atoms with E-state index in [0.717, 1.165) is 29.3 Å². The average Bonchev–Trinajstić information content (AvgIpc) is 3.08. The highest BCUT2D eigenvalue weighted by Crippen LogP contribution is 2.27. The van der Waals surface area contributed by atoms with Crippen molar-refractivity contribution in [1.29, 1.82) is 0 Å². The SMILES string of the molecule is CCCNC(=O)c1ccc(Nc2nc(NC)c3ccnc-3[nH]2)cc1. The summed E-state index contributed by atoms with van der Waals surface area (Å²) in [6.07, 6.45) is 2.65. The molecule has 0 spiro atoms. The van der Waals surface area contributed by atoms with Crippen molar-refractivity contribution in [3.63, 3.8) is 0 Å². The van der Waals surface area contributed by atoms with Gasteiger partial charge in [-0.3, -0.25) is 4.79 Å². The van der Waals surface area contributed by atoms with Gasteiger partial charge in [-0.05, 0) is 36.8 Å². The van der Waals surface area contributed by atoms with Crippen molar-refractivity contribution >= 4 is 23.4 Å². The van der Waals surface area contributed by atoms with Gasteiger partial charge in [0.1, 0.15) is 11.6 Å². The monoisotopic (exact) mass is 324 g/mol. The van der Waals surface area contributed by atoms with Crippen LogP contribution in [0.25, 0.3) is 11.4 Å². The molecule has 0 atom stereocenters. The van der Waals surface area contributed by atoms with Gasteiger partial charge in [-0.15, -0.1) is 0 Å². The van der Waals surface area contributed by atoms with Gasteiger partial charge in [0, 0.05) is 31.0 Å². The molecule has 0 saturated heterocycles. The standard InChI is InChI=1S/C17H20N6O/c1-3-9-20-16(24)11-4-6-12(7-5-11)21-17-22-14(18-2)13-8-10-19-15(13)23-17/h4-8,10H,3,9H2,1-2H3,(H,20,24)(H3,18,19,21,22,23). The summed E-state index contributed by atoms with van der Waals surface area (Å²) in [6.45, 7) is 2.70. The summed E-state index contributed by atoms with van der Waals surface area (Å²) >= 11 is 0. The molecule has 1 aromatic carbocycles. The molecule has 0 fully saturated rings. The van der Waals surface area contributed by atoms with Gasteiger partial charge in [-0.25, -0.2) is 4.98 Å². The largest absolute Gasteiger partial charge is 0.372 e. The fourth-order valence-corrected chi connectivity index (χ4v) is 2.37. The lowest BCUT2D eigenvalue weighted by Crippen LogP contribution is -2.23. The van der Waals surface area contributed by atoms with Crippen molar-refractivity contribution < 1.29 is 4.79 Å². The molecule has 0 unspecified atom stereocenters. The molecule has 0 saturated carbocycles. The molecule has 0 radical (unpaired) electrons. The molecule has 124 valence electrons. The molecule has 3 rings (SSSR count). The third kappa shape index (κ3) is 3.29. The predicted octanol–water partition coefficient (Wildman–Crippen LogP) is 2.83. The lowest BCUT2D eigenvalue weighted by atomic mass is 10.2. The van der Waals surface area contributed by atoms with E-state index in [1.54, 1.807) is 18.3 Å². The summed E-state index contributed by atoms with van der Waals surface area (Å²) in [5, 5.41) is 9.11. The maximum Gasteiger partial charge on any atom is 0.251 e. The Morgan fingerprint density at radius 2 is 2.00 bits per heavy atom. The Hall–Kier alpha value is -3.09. The van der Waals surface area contributed by atoms with Gasteiger partial charge in [-0.1, -0.05) is 6.92 Å². The minimum absolute atomic E-state index is 0.0621. The molecule has 1 amide bonds. The summed E-state index contributed by atoms with van der Waals surface area (Å²) in [5.74, 6) is 2.02. The molecule has 0 bridgehead atoms. The molecule has 7 heteroatoms. The van der Waals surface area contributed by atoms with Crippen LogP contribution in [0.2, 0.25) is 0 Å². The Morgan fingerprint density at radius 1 is 1.21 bits per heavy atom. The van der Waals surface area contributed by atoms with Crippen LogP contribution in [0.15, 0.2) is 36.5 Å². The smallest absolute Gasteiger partial charge is 0.251 e. The zero-order valence-corrected chi connectivity index (χ0v) is 13.7. The highest BCUT2D eigenvalue weighted by molar-refractivity contribution is 5.94. The number of carbonyl (C=O) groups excluding carboxylic acids is 1. The van der Waals surface area contributed by atoms with Crippen LogP contribution in [-0.2, 0) is 0 Å². The fraction of sp³-hybridized carbons (Fsp3) is 0.235. The zero-order valence-electron chi connectivity index (χ0n) is 13.7. The number of hydrogen-bond donors (Lipinski definition) is 4. The first-order valence-corrected chi connectivity index (χ1v) is 7.89. The van der Waals surface area contributed by atoms with Gasteiger partial charge < -0.3 is 20.9 Å². The number of aromatic amines is 1. The number of aromatic nitrogens is 3. The van der Waals surface area contributed by atoms with E-state index < -0.39 is 0 Å². The Kier molecular flexibility index (Phi) is 4.60. The molecule has 2 aliphatic heterocycles. The summed E-state index contributed by atoms with van der Waals surface area (Å²) in [4.78, 5) is 23.8. The molecule has 2 heterocycles. The van der Waals surface area contributed by atoms with Crippen molar-refractivity contribution in [2.75, 3.05) is 24.2 Å². The van der Waals surface area contributed by atoms with E-state index in [-0.39, 0.29) is 5.91 Å². The molecular formula is C17H20N6O. The van der Waals surface area contributed by atoms with E-state index >= 15 is 0 Å². The summed E-state index contributed by atoms with van der Waals surface area (Å²) in [5.41, 5.74) is 2.40. The number of nitrogens with zero attached hydrogens (tertiary/aromatic N) is 2. The van der Waals surface area contributed by atoms with Gasteiger partial charge in [0.15, 0.2) is 0 Å². The van der Waals surface area contributed by atoms with Crippen molar-refractivity contribution in [2.45, 2.75) is 13.3 Å². The normalized spacial score (nSPS) is 10.6. The van der Waals surface area contributed by atoms with Crippen molar-refractivity contribution in [1.82, 2.24) is 20.3 Å². The first kappa shape index (κ1) is 15.8. The average molecular weight is 324 g/mol. The summed E-state index contributed by atoms with van der Waals surface area (Å²) in [6, 6.07) is 9.16. The molecule has 1 aromatic rings. The number of anilines is 3. The molecule has 0 aliphatic carbocycles. The molecular weight excluding hydrogens is 304 g/mol. The van der Waals surface area contributed by atoms with Crippen LogP contribution in [0.1, 0.15) is 23.7 Å². The number of hydrogen-bond acceptors (Lipinski definition) is 5. The summed E-state index contributed by atoms with van der Waals surface area (Å²) < 4.78 is 0. The molecule has 0 aromatic heterocycles. The van der Waals surface area contributed by atoms with Crippen LogP contribution in [0.3, 0.4) is 0 Å². The maximum atomic E-state index is 11.9. The highest BCUT2D eigenvalue weighted by atomic mass is 16.1. The van der Waals surface area contributed by atoms with Crippen molar-refractivity contribution in [2.24, 2.45) is 0 Å². The van der Waals surface area contributed by atoms with Crippen molar-refractivity contribution in [3.05, 3.63) is 42.1 Å². The third-order valence-electron chi connectivity index (χ3n) is 3.60. The lowest BCUT2D eigenvalue weighted by molar-refractivity contribution is 0.0953. The van der Waals surface area contributed by atoms with E-state index in [2.05, 4.69) is 30.9 Å². The van der Waals surface area contributed by atoms with E-state index in [9.17, 15) is 4.79 Å².